The van der Waals surface area contributed by atoms with Crippen LogP contribution in [-0.2, 0) is 0 Å². The molecular formula is C20H26BrNO2. The van der Waals surface area contributed by atoms with E-state index in [2.05, 4.69) is 25.7 Å². The van der Waals surface area contributed by atoms with Crippen LogP contribution in [0.5, 0.6) is 0 Å². The monoisotopic (exact) mass is 391 g/mol. The van der Waals surface area contributed by atoms with Gasteiger partial charge in [-0.1, -0.05) is 81.4 Å². The van der Waals surface area contributed by atoms with E-state index in [0.717, 1.165) is 0 Å². The van der Waals surface area contributed by atoms with Gasteiger partial charge in [-0.25, -0.2) is 0 Å². The summed E-state index contributed by atoms with van der Waals surface area (Å²) in [6.07, 6.45) is 0. The fraction of sp³-hybridized carbons (Fsp3) is 0.300. The van der Waals surface area contributed by atoms with Crippen molar-refractivity contribution in [3.63, 3.8) is 0 Å². The van der Waals surface area contributed by atoms with Gasteiger partial charge < -0.3 is 4.90 Å². The van der Waals surface area contributed by atoms with Gasteiger partial charge in [-0.05, 0) is 19.6 Å². The van der Waals surface area contributed by atoms with Crippen LogP contribution in [0.4, 0.5) is 0 Å². The molecule has 24 heavy (non-hydrogen) atoms. The molecular weight excluding hydrogens is 366 g/mol. The van der Waals surface area contributed by atoms with E-state index in [-0.39, 0.29) is 17.0 Å². The largest absolute Gasteiger partial charge is 0.304 e. The number of hydrogen-bond acceptors (Lipinski definition) is 3. The molecule has 2 aromatic rings. The summed E-state index contributed by atoms with van der Waals surface area (Å²) in [7, 11) is 0. The number of benzene rings is 2. The molecule has 2 rings (SSSR count). The first-order valence-corrected chi connectivity index (χ1v) is 8.05. The van der Waals surface area contributed by atoms with Gasteiger partial charge in [0, 0.05) is 11.1 Å². The zero-order chi connectivity index (χ0) is 17.1. The molecule has 4 heteroatoms. The normalized spacial score (nSPS) is 9.50. The standard InChI is InChI=1S/C14H10O2.C6H15N.BrH/c15-13(11-7-3-1-4-8-11)14(16)12-9-5-2-6-10-12;1-4-7(5-2)6-3;/h1-10H;4-6H2,1-3H3;1H. The first-order valence-electron chi connectivity index (χ1n) is 8.05. The van der Waals surface area contributed by atoms with E-state index in [1.807, 2.05) is 12.1 Å². The van der Waals surface area contributed by atoms with Crippen molar-refractivity contribution in [2.45, 2.75) is 20.8 Å². The third-order valence-corrected chi connectivity index (χ3v) is 3.62. The van der Waals surface area contributed by atoms with Crippen molar-refractivity contribution in [3.05, 3.63) is 71.8 Å². The summed E-state index contributed by atoms with van der Waals surface area (Å²) >= 11 is 0. The Kier molecular flexibility index (Phi) is 11.7. The van der Waals surface area contributed by atoms with Crippen LogP contribution in [0.1, 0.15) is 41.5 Å². The Morgan fingerprint density at radius 2 is 0.958 bits per heavy atom. The summed E-state index contributed by atoms with van der Waals surface area (Å²) in [6.45, 7) is 10.1. The number of halogens is 1. The van der Waals surface area contributed by atoms with Gasteiger partial charge in [-0.2, -0.15) is 0 Å². The highest BCUT2D eigenvalue weighted by molar-refractivity contribution is 8.93. The second kappa shape index (κ2) is 12.6. The molecule has 0 aliphatic rings. The highest BCUT2D eigenvalue weighted by Gasteiger charge is 2.16. The Morgan fingerprint density at radius 1 is 0.667 bits per heavy atom. The lowest BCUT2D eigenvalue weighted by atomic mass is 10.0. The molecule has 0 bridgehead atoms. The number of nitrogens with zero attached hydrogens (tertiary/aromatic N) is 1. The van der Waals surface area contributed by atoms with Gasteiger partial charge in [0.2, 0.25) is 11.6 Å². The van der Waals surface area contributed by atoms with Crippen molar-refractivity contribution in [3.8, 4) is 0 Å². The number of carbonyl (C=O) groups is 2. The lowest BCUT2D eigenvalue weighted by molar-refractivity contribution is 0.0817. The molecule has 0 heterocycles. The van der Waals surface area contributed by atoms with Gasteiger partial charge in [-0.3, -0.25) is 9.59 Å². The number of Topliss-reactive ketones (excluding diaryl/α,β-unsaturated/α-hetero) is 2. The average Bonchev–Trinajstić information content (AvgIpc) is 2.64. The Bertz CT molecular complexity index is 541. The van der Waals surface area contributed by atoms with Gasteiger partial charge >= 0.3 is 0 Å². The molecule has 0 atom stereocenters. The molecule has 0 N–H and O–H groups in total. The first kappa shape index (κ1) is 22.2. The fourth-order valence-electron chi connectivity index (χ4n) is 2.11. The fourth-order valence-corrected chi connectivity index (χ4v) is 2.11. The molecule has 3 nitrogen and oxygen atoms in total. The molecule has 2 aromatic carbocycles. The molecule has 0 unspecified atom stereocenters. The summed E-state index contributed by atoms with van der Waals surface area (Å²) in [5.41, 5.74) is 0.854. The van der Waals surface area contributed by atoms with Gasteiger partial charge in [-0.15, -0.1) is 17.0 Å². The van der Waals surface area contributed by atoms with Crippen LogP contribution in [0.3, 0.4) is 0 Å². The lowest BCUT2D eigenvalue weighted by Crippen LogP contribution is -2.21. The van der Waals surface area contributed by atoms with Crippen LogP contribution in [0.15, 0.2) is 60.7 Å². The minimum absolute atomic E-state index is 0. The summed E-state index contributed by atoms with van der Waals surface area (Å²) in [4.78, 5) is 26.0. The number of ketones is 2. The third kappa shape index (κ3) is 7.20. The van der Waals surface area contributed by atoms with E-state index in [9.17, 15) is 9.59 Å². The SMILES string of the molecule is Br.CCN(CC)CC.O=C(C(=O)c1ccccc1)c1ccccc1. The van der Waals surface area contributed by atoms with E-state index in [0.29, 0.717) is 11.1 Å². The zero-order valence-electron chi connectivity index (χ0n) is 14.6. The molecule has 0 aromatic heterocycles. The van der Waals surface area contributed by atoms with Crippen LogP contribution in [0.2, 0.25) is 0 Å². The van der Waals surface area contributed by atoms with Crippen LogP contribution >= 0.6 is 17.0 Å². The Balaban J connectivity index is 0.000000570. The minimum Gasteiger partial charge on any atom is -0.304 e. The Hall–Kier alpha value is -1.78. The second-order valence-corrected chi connectivity index (χ2v) is 5.01. The molecule has 0 aliphatic heterocycles. The molecule has 0 saturated carbocycles. The van der Waals surface area contributed by atoms with Crippen molar-refractivity contribution < 1.29 is 9.59 Å². The van der Waals surface area contributed by atoms with Crippen molar-refractivity contribution in [1.29, 1.82) is 0 Å². The van der Waals surface area contributed by atoms with Gasteiger partial charge in [0.15, 0.2) is 0 Å². The highest BCUT2D eigenvalue weighted by atomic mass is 79.9. The molecule has 0 amide bonds. The van der Waals surface area contributed by atoms with E-state index < -0.39 is 11.6 Å². The third-order valence-electron chi connectivity index (χ3n) is 3.62. The number of carbonyl (C=O) groups excluding carboxylic acids is 2. The van der Waals surface area contributed by atoms with Crippen molar-refractivity contribution in [2.75, 3.05) is 19.6 Å². The van der Waals surface area contributed by atoms with Crippen molar-refractivity contribution in [1.82, 2.24) is 4.90 Å². The smallest absolute Gasteiger partial charge is 0.233 e. The maximum absolute atomic E-state index is 11.8. The quantitative estimate of drug-likeness (QED) is 0.529. The van der Waals surface area contributed by atoms with E-state index in [4.69, 9.17) is 0 Å². The Labute approximate surface area is 155 Å². The molecule has 0 saturated heterocycles. The van der Waals surface area contributed by atoms with Crippen LogP contribution < -0.4 is 0 Å². The van der Waals surface area contributed by atoms with Crippen LogP contribution in [-0.4, -0.2) is 36.1 Å². The summed E-state index contributed by atoms with van der Waals surface area (Å²) in [5.74, 6) is -0.932. The predicted octanol–water partition coefficient (Wildman–Crippen LogP) is 4.68. The van der Waals surface area contributed by atoms with E-state index in [1.54, 1.807) is 48.5 Å². The predicted molar refractivity (Wildman–Crippen MR) is 105 cm³/mol. The minimum atomic E-state index is -0.466. The molecule has 0 spiro atoms. The maximum atomic E-state index is 11.8. The maximum Gasteiger partial charge on any atom is 0.233 e. The lowest BCUT2D eigenvalue weighted by Gasteiger charge is -2.13. The summed E-state index contributed by atoms with van der Waals surface area (Å²) in [5, 5.41) is 0. The van der Waals surface area contributed by atoms with Crippen molar-refractivity contribution >= 4 is 28.5 Å². The molecule has 0 radical (unpaired) electrons. The average molecular weight is 392 g/mol. The van der Waals surface area contributed by atoms with Gasteiger partial charge in [0.25, 0.3) is 0 Å². The van der Waals surface area contributed by atoms with Gasteiger partial charge in [0.1, 0.15) is 0 Å². The van der Waals surface area contributed by atoms with Crippen LogP contribution in [0, 0.1) is 0 Å². The zero-order valence-corrected chi connectivity index (χ0v) is 16.3. The molecule has 130 valence electrons. The second-order valence-electron chi connectivity index (χ2n) is 5.01. The summed E-state index contributed by atoms with van der Waals surface area (Å²) in [6, 6.07) is 17.2. The summed E-state index contributed by atoms with van der Waals surface area (Å²) < 4.78 is 0. The Morgan fingerprint density at radius 3 is 1.17 bits per heavy atom. The highest BCUT2D eigenvalue weighted by Crippen LogP contribution is 2.07. The number of hydrogen-bond donors (Lipinski definition) is 0. The van der Waals surface area contributed by atoms with E-state index >= 15 is 0 Å². The number of rotatable bonds is 6. The van der Waals surface area contributed by atoms with Gasteiger partial charge in [0.05, 0.1) is 0 Å². The first-order chi connectivity index (χ1) is 11.1. The molecule has 0 aliphatic carbocycles. The van der Waals surface area contributed by atoms with E-state index in [1.165, 1.54) is 19.6 Å². The topological polar surface area (TPSA) is 37.4 Å². The molecule has 0 fully saturated rings. The van der Waals surface area contributed by atoms with Crippen molar-refractivity contribution in [2.24, 2.45) is 0 Å². The van der Waals surface area contributed by atoms with Crippen LogP contribution in [0.25, 0.3) is 0 Å².